The zero-order valence-corrected chi connectivity index (χ0v) is 13.3. The van der Waals surface area contributed by atoms with E-state index in [1.54, 1.807) is 36.6 Å². The number of carboxylic acids is 1. The van der Waals surface area contributed by atoms with Gasteiger partial charge in [0.05, 0.1) is 28.2 Å². The third-order valence-corrected chi connectivity index (χ3v) is 4.63. The number of benzene rings is 1. The predicted octanol–water partition coefficient (Wildman–Crippen LogP) is 2.22. The minimum Gasteiger partial charge on any atom is -0.481 e. The number of nitrogens with zero attached hydrogens (tertiary/aromatic N) is 3. The molecule has 1 heterocycles. The number of carbonyl (C=O) groups is 2. The number of rotatable bonds is 4. The second-order valence-electron chi connectivity index (χ2n) is 6.14. The number of anilines is 1. The van der Waals surface area contributed by atoms with Gasteiger partial charge in [-0.05, 0) is 23.6 Å². The van der Waals surface area contributed by atoms with Gasteiger partial charge in [0.1, 0.15) is 12.7 Å². The third-order valence-electron chi connectivity index (χ3n) is 4.30. The molecular weight excluding hydrogens is 320 g/mol. The second-order valence-corrected chi connectivity index (χ2v) is 6.54. The van der Waals surface area contributed by atoms with Gasteiger partial charge in [-0.1, -0.05) is 25.4 Å². The largest absolute Gasteiger partial charge is 0.481 e. The van der Waals surface area contributed by atoms with Gasteiger partial charge in [-0.15, -0.1) is 10.2 Å². The summed E-state index contributed by atoms with van der Waals surface area (Å²) < 4.78 is 1.67. The first-order valence-corrected chi connectivity index (χ1v) is 7.38. The summed E-state index contributed by atoms with van der Waals surface area (Å²) in [4.78, 5) is 23.6. The summed E-state index contributed by atoms with van der Waals surface area (Å²) in [6, 6.07) is 5.11. The number of carboxylic acid groups (broad SMARTS) is 1. The summed E-state index contributed by atoms with van der Waals surface area (Å²) in [5.41, 5.74) is 0.600. The first kappa shape index (κ1) is 15.5. The van der Waals surface area contributed by atoms with E-state index in [2.05, 4.69) is 15.5 Å². The van der Waals surface area contributed by atoms with Crippen LogP contribution in [0.25, 0.3) is 5.69 Å². The Kier molecular flexibility index (Phi) is 3.60. The lowest BCUT2D eigenvalue weighted by atomic mass is 10.1. The number of amides is 1. The van der Waals surface area contributed by atoms with Gasteiger partial charge >= 0.3 is 5.97 Å². The zero-order valence-electron chi connectivity index (χ0n) is 12.5. The van der Waals surface area contributed by atoms with Crippen LogP contribution in [0.15, 0.2) is 30.9 Å². The van der Waals surface area contributed by atoms with Crippen molar-refractivity contribution in [2.75, 3.05) is 5.32 Å². The molecule has 1 fully saturated rings. The summed E-state index contributed by atoms with van der Waals surface area (Å²) in [6.45, 7) is 3.54. The molecule has 0 unspecified atom stereocenters. The van der Waals surface area contributed by atoms with Crippen molar-refractivity contribution in [2.45, 2.75) is 13.8 Å². The molecule has 1 aromatic carbocycles. The molecule has 1 aliphatic carbocycles. The van der Waals surface area contributed by atoms with Gasteiger partial charge in [-0.25, -0.2) is 0 Å². The molecule has 23 heavy (non-hydrogen) atoms. The number of aromatic nitrogens is 3. The highest BCUT2D eigenvalue weighted by molar-refractivity contribution is 6.33. The molecule has 1 aromatic heterocycles. The first-order valence-electron chi connectivity index (χ1n) is 7.00. The van der Waals surface area contributed by atoms with Crippen LogP contribution in [0.4, 0.5) is 5.69 Å². The Bertz CT molecular complexity index is 773. The van der Waals surface area contributed by atoms with E-state index in [-0.39, 0.29) is 5.91 Å². The number of hydrogen-bond donors (Lipinski definition) is 2. The summed E-state index contributed by atoms with van der Waals surface area (Å²) in [5, 5.41) is 19.7. The smallest absolute Gasteiger partial charge is 0.307 e. The van der Waals surface area contributed by atoms with Crippen molar-refractivity contribution >= 4 is 29.2 Å². The molecular formula is C15H15ClN4O3. The normalized spacial score (nSPS) is 21.7. The average molecular weight is 335 g/mol. The second kappa shape index (κ2) is 5.34. The van der Waals surface area contributed by atoms with Gasteiger partial charge < -0.3 is 10.4 Å². The van der Waals surface area contributed by atoms with E-state index >= 15 is 0 Å². The number of nitrogens with one attached hydrogen (secondary N) is 1. The van der Waals surface area contributed by atoms with Crippen molar-refractivity contribution in [2.24, 2.45) is 17.3 Å². The topological polar surface area (TPSA) is 97.1 Å². The molecule has 7 nitrogen and oxygen atoms in total. The van der Waals surface area contributed by atoms with Gasteiger partial charge in [-0.3, -0.25) is 14.2 Å². The van der Waals surface area contributed by atoms with E-state index in [4.69, 9.17) is 11.6 Å². The number of aliphatic carboxylic acids is 1. The Labute approximate surface area is 137 Å². The van der Waals surface area contributed by atoms with Crippen LogP contribution in [0, 0.1) is 17.3 Å². The van der Waals surface area contributed by atoms with Gasteiger partial charge in [-0.2, -0.15) is 0 Å². The van der Waals surface area contributed by atoms with Crippen LogP contribution < -0.4 is 5.32 Å². The fourth-order valence-electron chi connectivity index (χ4n) is 2.90. The molecule has 0 aliphatic heterocycles. The SMILES string of the molecule is CC1(C)[C@H](C(=O)O)[C@@H]1C(=O)Nc1cc(-n2cnnc2)ccc1Cl. The van der Waals surface area contributed by atoms with Crippen LogP contribution in [-0.2, 0) is 9.59 Å². The predicted molar refractivity (Wildman–Crippen MR) is 83.4 cm³/mol. The van der Waals surface area contributed by atoms with E-state index in [1.807, 2.05) is 0 Å². The van der Waals surface area contributed by atoms with Crippen molar-refractivity contribution < 1.29 is 14.7 Å². The van der Waals surface area contributed by atoms with Crippen molar-refractivity contribution in [1.29, 1.82) is 0 Å². The lowest BCUT2D eigenvalue weighted by molar-refractivity contribution is -0.140. The molecule has 1 saturated carbocycles. The Balaban J connectivity index is 1.82. The first-order chi connectivity index (χ1) is 10.8. The van der Waals surface area contributed by atoms with Crippen molar-refractivity contribution in [1.82, 2.24) is 14.8 Å². The zero-order chi connectivity index (χ0) is 16.8. The van der Waals surface area contributed by atoms with Crippen molar-refractivity contribution in [3.8, 4) is 5.69 Å². The lowest BCUT2D eigenvalue weighted by Gasteiger charge is -2.10. The fourth-order valence-corrected chi connectivity index (χ4v) is 3.07. The molecule has 120 valence electrons. The standard InChI is InChI=1S/C15H15ClN4O3/c1-15(2)11(12(15)14(22)23)13(21)19-10-5-8(3-4-9(10)16)20-6-17-18-7-20/h3-7,11-12H,1-2H3,(H,19,21)(H,22,23)/t11-,12+/m1/s1. The molecule has 1 amide bonds. The fraction of sp³-hybridized carbons (Fsp3) is 0.333. The highest BCUT2D eigenvalue weighted by atomic mass is 35.5. The van der Waals surface area contributed by atoms with Gasteiger partial charge in [0, 0.05) is 0 Å². The molecule has 3 rings (SSSR count). The van der Waals surface area contributed by atoms with Gasteiger partial charge in [0.25, 0.3) is 0 Å². The van der Waals surface area contributed by atoms with E-state index in [0.29, 0.717) is 10.7 Å². The maximum absolute atomic E-state index is 12.4. The van der Waals surface area contributed by atoms with Crippen LogP contribution in [0.5, 0.6) is 0 Å². The molecule has 2 N–H and O–H groups in total. The molecule has 2 atom stereocenters. The average Bonchev–Trinajstić information content (AvgIpc) is 2.86. The summed E-state index contributed by atoms with van der Waals surface area (Å²) >= 11 is 6.13. The molecule has 8 heteroatoms. The van der Waals surface area contributed by atoms with E-state index in [0.717, 1.165) is 5.69 Å². The highest BCUT2D eigenvalue weighted by Crippen LogP contribution is 2.58. The third kappa shape index (κ3) is 2.68. The maximum Gasteiger partial charge on any atom is 0.307 e. The molecule has 0 spiro atoms. The molecule has 0 radical (unpaired) electrons. The molecule has 2 aromatic rings. The Hall–Kier alpha value is -2.41. The van der Waals surface area contributed by atoms with E-state index in [9.17, 15) is 14.7 Å². The van der Waals surface area contributed by atoms with Gasteiger partial charge in [0.15, 0.2) is 0 Å². The van der Waals surface area contributed by atoms with Crippen molar-refractivity contribution in [3.63, 3.8) is 0 Å². The quantitative estimate of drug-likeness (QED) is 0.893. The monoisotopic (exact) mass is 334 g/mol. The summed E-state index contributed by atoms with van der Waals surface area (Å²) in [5.74, 6) is -2.55. The molecule has 0 saturated heterocycles. The number of hydrogen-bond acceptors (Lipinski definition) is 4. The minimum atomic E-state index is -0.959. The van der Waals surface area contributed by atoms with Crippen LogP contribution in [0.3, 0.4) is 0 Å². The number of carbonyl (C=O) groups excluding carboxylic acids is 1. The summed E-state index contributed by atoms with van der Waals surface area (Å²) in [6.07, 6.45) is 3.05. The van der Waals surface area contributed by atoms with Gasteiger partial charge in [0.2, 0.25) is 5.91 Å². The number of halogens is 1. The lowest BCUT2D eigenvalue weighted by Crippen LogP contribution is -2.18. The van der Waals surface area contributed by atoms with Crippen molar-refractivity contribution in [3.05, 3.63) is 35.9 Å². The van der Waals surface area contributed by atoms with Crippen LogP contribution in [-0.4, -0.2) is 31.7 Å². The minimum absolute atomic E-state index is 0.342. The highest BCUT2D eigenvalue weighted by Gasteiger charge is 2.65. The molecule has 0 bridgehead atoms. The van der Waals surface area contributed by atoms with Crippen LogP contribution in [0.2, 0.25) is 5.02 Å². The van der Waals surface area contributed by atoms with Crippen LogP contribution >= 0.6 is 11.6 Å². The van der Waals surface area contributed by atoms with E-state index in [1.165, 1.54) is 12.7 Å². The maximum atomic E-state index is 12.4. The summed E-state index contributed by atoms with van der Waals surface area (Å²) in [7, 11) is 0. The Morgan fingerprint density at radius 1 is 1.26 bits per heavy atom. The van der Waals surface area contributed by atoms with Crippen LogP contribution in [0.1, 0.15) is 13.8 Å². The molecule has 1 aliphatic rings. The Morgan fingerprint density at radius 2 is 1.91 bits per heavy atom. The van der Waals surface area contributed by atoms with E-state index < -0.39 is 23.2 Å². The Morgan fingerprint density at radius 3 is 2.48 bits per heavy atom.